The minimum Gasteiger partial charge on any atom is -0.398 e. The second-order valence-electron chi connectivity index (χ2n) is 2.53. The number of nitrogens with two attached hydrogens (primary N) is 1. The smallest absolute Gasteiger partial charge is 0.218 e. The summed E-state index contributed by atoms with van der Waals surface area (Å²) in [4.78, 5) is 0.0653. The lowest BCUT2D eigenvalue weighted by molar-refractivity contribution is 0.614. The van der Waals surface area contributed by atoms with Gasteiger partial charge in [-0.1, -0.05) is 34.8 Å². The van der Waals surface area contributed by atoms with Crippen LogP contribution in [-0.4, -0.2) is 8.42 Å². The van der Waals surface area contributed by atoms with Gasteiger partial charge in [-0.25, -0.2) is 8.42 Å². The van der Waals surface area contributed by atoms with Gasteiger partial charge in [-0.05, 0) is 18.2 Å². The third kappa shape index (κ3) is 2.67. The molecule has 0 unspecified atom stereocenters. The van der Waals surface area contributed by atoms with Crippen LogP contribution < -0.4 is 5.73 Å². The summed E-state index contributed by atoms with van der Waals surface area (Å²) in [5.41, 5.74) is 5.93. The molecule has 78 valence electrons. The Morgan fingerprint density at radius 2 is 1.79 bits per heavy atom. The van der Waals surface area contributed by atoms with Crippen molar-refractivity contribution >= 4 is 51.2 Å². The van der Waals surface area contributed by atoms with Gasteiger partial charge in [0.05, 0.1) is 4.90 Å². The van der Waals surface area contributed by atoms with Gasteiger partial charge in [-0.3, -0.25) is 0 Å². The number of rotatable bonds is 1. The molecule has 0 fully saturated rings. The predicted molar refractivity (Wildman–Crippen MR) is 58.7 cm³/mol. The molecule has 14 heavy (non-hydrogen) atoms. The summed E-state index contributed by atoms with van der Waals surface area (Å²) in [5, 5.41) is 0. The van der Waals surface area contributed by atoms with Crippen molar-refractivity contribution < 1.29 is 8.42 Å². The van der Waals surface area contributed by atoms with Gasteiger partial charge in [-0.2, -0.15) is 0 Å². The van der Waals surface area contributed by atoms with E-state index in [2.05, 4.69) is 0 Å². The largest absolute Gasteiger partial charge is 0.398 e. The van der Waals surface area contributed by atoms with Crippen LogP contribution in [0.1, 0.15) is 5.56 Å². The molecule has 0 aromatic heterocycles. The highest BCUT2D eigenvalue weighted by atomic mass is 35.6. The molecule has 0 bridgehead atoms. The van der Waals surface area contributed by atoms with Crippen molar-refractivity contribution in [3.8, 4) is 0 Å². The van der Waals surface area contributed by atoms with Crippen molar-refractivity contribution in [3.05, 3.63) is 23.8 Å². The summed E-state index contributed by atoms with van der Waals surface area (Å²) in [5.74, 6) is 0. The maximum absolute atomic E-state index is 10.7. The molecule has 3 nitrogen and oxygen atoms in total. The second-order valence-corrected chi connectivity index (χ2v) is 5.84. The van der Waals surface area contributed by atoms with Gasteiger partial charge in [0, 0.05) is 11.3 Å². The number of benzene rings is 1. The number of hydrogen-bond donors (Lipinski definition) is 2. The Morgan fingerprint density at radius 3 is 2.21 bits per heavy atom. The van der Waals surface area contributed by atoms with Crippen molar-refractivity contribution in [1.82, 2.24) is 0 Å². The van der Waals surface area contributed by atoms with E-state index in [4.69, 9.17) is 40.5 Å². The Kier molecular flexibility index (Phi) is 3.53. The van der Waals surface area contributed by atoms with E-state index >= 15 is 0 Å². The molecule has 1 rings (SSSR count). The number of halogens is 3. The molecule has 2 N–H and O–H groups in total. The second kappa shape index (κ2) is 4.14. The molecule has 0 saturated carbocycles. The molecular formula is C7H6Cl3NO2S. The Labute approximate surface area is 97.7 Å². The molecule has 0 aliphatic heterocycles. The first-order valence-electron chi connectivity index (χ1n) is 3.43. The molecule has 7 heteroatoms. The van der Waals surface area contributed by atoms with Crippen LogP contribution in [0.15, 0.2) is 23.1 Å². The number of alkyl halides is 3. The minimum absolute atomic E-state index is 0.0653. The third-order valence-electron chi connectivity index (χ3n) is 1.55. The molecule has 0 amide bonds. The van der Waals surface area contributed by atoms with Crippen molar-refractivity contribution in [1.29, 1.82) is 0 Å². The Balaban J connectivity index is 3.36. The fraction of sp³-hybridized carbons (Fsp3) is 0.143. The zero-order valence-electron chi connectivity index (χ0n) is 6.71. The average Bonchev–Trinajstić information content (AvgIpc) is 2.02. The zero-order chi connectivity index (χ0) is 10.9. The van der Waals surface area contributed by atoms with Crippen LogP contribution in [0.5, 0.6) is 0 Å². The van der Waals surface area contributed by atoms with E-state index in [0.29, 0.717) is 0 Å². The number of hydrogen-bond acceptors (Lipinski definition) is 3. The molecule has 0 spiro atoms. The molecule has 0 saturated heterocycles. The van der Waals surface area contributed by atoms with Crippen LogP contribution in [0.4, 0.5) is 5.69 Å². The van der Waals surface area contributed by atoms with Crippen LogP contribution in [0.25, 0.3) is 0 Å². The van der Waals surface area contributed by atoms with Crippen molar-refractivity contribution in [2.75, 3.05) is 5.73 Å². The van der Waals surface area contributed by atoms with Crippen LogP contribution in [-0.2, 0) is 14.5 Å². The van der Waals surface area contributed by atoms with Gasteiger partial charge in [0.2, 0.25) is 3.79 Å². The minimum atomic E-state index is -2.70. The molecule has 1 aromatic carbocycles. The quantitative estimate of drug-likeness (QED) is 0.468. The maximum atomic E-state index is 10.7. The topological polar surface area (TPSA) is 60.2 Å². The summed E-state index contributed by atoms with van der Waals surface area (Å²) in [6.45, 7) is 0. The van der Waals surface area contributed by atoms with E-state index in [1.54, 1.807) is 0 Å². The highest BCUT2D eigenvalue weighted by Gasteiger charge is 2.25. The van der Waals surface area contributed by atoms with E-state index in [-0.39, 0.29) is 16.1 Å². The molecule has 1 aromatic rings. The lowest BCUT2D eigenvalue weighted by Crippen LogP contribution is -2.05. The van der Waals surface area contributed by atoms with Gasteiger partial charge in [0.15, 0.2) is 10.7 Å². The lowest BCUT2D eigenvalue weighted by atomic mass is 10.2. The van der Waals surface area contributed by atoms with Crippen LogP contribution in [0, 0.1) is 0 Å². The standard InChI is InChI=1S/C7H6Cl3NO2S/c8-7(9,10)5-3-4(14(12)13)1-2-6(5)11/h1-3,14H,11H2. The number of anilines is 1. The third-order valence-corrected chi connectivity index (χ3v) is 2.86. The fourth-order valence-electron chi connectivity index (χ4n) is 0.903. The zero-order valence-corrected chi connectivity index (χ0v) is 9.87. The van der Waals surface area contributed by atoms with Gasteiger partial charge < -0.3 is 5.73 Å². The van der Waals surface area contributed by atoms with Crippen LogP contribution in [0.3, 0.4) is 0 Å². The van der Waals surface area contributed by atoms with Crippen molar-refractivity contribution in [2.24, 2.45) is 0 Å². The van der Waals surface area contributed by atoms with E-state index in [1.807, 2.05) is 0 Å². The van der Waals surface area contributed by atoms with Crippen molar-refractivity contribution in [3.63, 3.8) is 0 Å². The highest BCUT2D eigenvalue weighted by molar-refractivity contribution is 7.72. The number of thiol groups is 1. The summed E-state index contributed by atoms with van der Waals surface area (Å²) < 4.78 is 19.6. The van der Waals surface area contributed by atoms with Gasteiger partial charge in [0.1, 0.15) is 0 Å². The summed E-state index contributed by atoms with van der Waals surface area (Å²) in [7, 11) is -2.70. The normalized spacial score (nSPS) is 12.0. The first-order chi connectivity index (χ1) is 6.32. The highest BCUT2D eigenvalue weighted by Crippen LogP contribution is 2.41. The molecule has 0 atom stereocenters. The predicted octanol–water partition coefficient (Wildman–Crippen LogP) is 2.07. The Hall–Kier alpha value is -0.160. The van der Waals surface area contributed by atoms with Gasteiger partial charge in [0.25, 0.3) is 0 Å². The van der Waals surface area contributed by atoms with Crippen LogP contribution >= 0.6 is 34.8 Å². The first-order valence-corrected chi connectivity index (χ1v) is 5.74. The summed E-state index contributed by atoms with van der Waals surface area (Å²) in [6, 6.07) is 3.98. The molecule has 0 radical (unpaired) electrons. The summed E-state index contributed by atoms with van der Waals surface area (Å²) in [6.07, 6.45) is 0. The first kappa shape index (κ1) is 11.9. The Morgan fingerprint density at radius 1 is 1.21 bits per heavy atom. The number of nitrogen functional groups attached to an aromatic ring is 1. The molecule has 0 aliphatic carbocycles. The van der Waals surface area contributed by atoms with Crippen molar-refractivity contribution in [2.45, 2.75) is 8.69 Å². The monoisotopic (exact) mass is 273 g/mol. The molecule has 0 heterocycles. The maximum Gasteiger partial charge on any atom is 0.218 e. The van der Waals surface area contributed by atoms with E-state index in [1.165, 1.54) is 18.2 Å². The van der Waals surface area contributed by atoms with Gasteiger partial charge >= 0.3 is 0 Å². The Bertz CT molecular complexity index is 417. The molecule has 0 aliphatic rings. The average molecular weight is 275 g/mol. The van der Waals surface area contributed by atoms with Crippen LogP contribution in [0.2, 0.25) is 0 Å². The lowest BCUT2D eigenvalue weighted by Gasteiger charge is -2.13. The SMILES string of the molecule is Nc1ccc([SH](=O)=O)cc1C(Cl)(Cl)Cl. The van der Waals surface area contributed by atoms with E-state index < -0.39 is 14.5 Å². The summed E-state index contributed by atoms with van der Waals surface area (Å²) >= 11 is 16.8. The fourth-order valence-corrected chi connectivity index (χ4v) is 1.83. The van der Waals surface area contributed by atoms with E-state index in [9.17, 15) is 8.42 Å². The molecular weight excluding hydrogens is 269 g/mol. The van der Waals surface area contributed by atoms with E-state index in [0.717, 1.165) is 0 Å². The van der Waals surface area contributed by atoms with Gasteiger partial charge in [-0.15, -0.1) is 0 Å².